The molecule has 2 unspecified atom stereocenters. The van der Waals surface area contributed by atoms with Crippen molar-refractivity contribution >= 4 is 18.1 Å². The van der Waals surface area contributed by atoms with Crippen LogP contribution in [0.2, 0.25) is 0 Å². The summed E-state index contributed by atoms with van der Waals surface area (Å²) in [4.78, 5) is 37.3. The average molecular weight is 360 g/mol. The third-order valence-corrected chi connectivity index (χ3v) is 6.90. The lowest BCUT2D eigenvalue weighted by Gasteiger charge is -2.41. The Hall–Kier alpha value is -1.60. The fraction of sp³-hybridized carbons (Fsp3) is 0.824. The zero-order valence-electron chi connectivity index (χ0n) is 15.0. The van der Waals surface area contributed by atoms with Gasteiger partial charge in [-0.2, -0.15) is 13.2 Å². The number of hydrogen-bond donors (Lipinski definition) is 1. The first kappa shape index (κ1) is 18.2. The summed E-state index contributed by atoms with van der Waals surface area (Å²) in [5, 5.41) is 1.82. The predicted molar refractivity (Wildman–Crippen MR) is 82.3 cm³/mol. The topological polar surface area (TPSA) is 66.5 Å². The molecule has 3 aliphatic rings. The van der Waals surface area contributed by atoms with Crippen LogP contribution in [0.15, 0.2) is 0 Å². The van der Waals surface area contributed by atoms with Crippen molar-refractivity contribution in [3.63, 3.8) is 0 Å². The van der Waals surface area contributed by atoms with Crippen LogP contribution in [-0.2, 0) is 14.4 Å². The number of hydrogen-bond acceptors (Lipinski definition) is 3. The molecule has 4 atom stereocenters. The van der Waals surface area contributed by atoms with Gasteiger partial charge in [0, 0.05) is 17.4 Å². The first-order valence-corrected chi connectivity index (χ1v) is 8.31. The zero-order valence-corrected chi connectivity index (χ0v) is 15.0. The molecule has 5 nitrogen and oxygen atoms in total. The molecule has 1 saturated heterocycles. The minimum absolute atomic E-state index is 0.0329. The van der Waals surface area contributed by atoms with E-state index >= 15 is 0 Å². The van der Waals surface area contributed by atoms with Crippen molar-refractivity contribution in [2.45, 2.75) is 59.3 Å². The molecule has 0 aromatic rings. The van der Waals surface area contributed by atoms with Gasteiger partial charge >= 0.3 is 12.1 Å². The van der Waals surface area contributed by atoms with E-state index in [4.69, 9.17) is 0 Å². The summed E-state index contributed by atoms with van der Waals surface area (Å²) in [5.41, 5.74) is -1.30. The van der Waals surface area contributed by atoms with Crippen molar-refractivity contribution < 1.29 is 27.6 Å². The Kier molecular flexibility index (Phi) is 3.32. The molecule has 140 valence electrons. The maximum Gasteiger partial charge on any atom is 0.471 e. The molecule has 3 rings (SSSR count). The molecule has 1 N–H and O–H groups in total. The first-order valence-electron chi connectivity index (χ1n) is 8.31. The van der Waals surface area contributed by atoms with E-state index in [-0.39, 0.29) is 16.2 Å². The van der Waals surface area contributed by atoms with E-state index in [2.05, 4.69) is 13.8 Å². The number of nitrogens with zero attached hydrogens (tertiary/aromatic N) is 1. The van der Waals surface area contributed by atoms with Gasteiger partial charge in [0.15, 0.2) is 0 Å². The molecule has 2 aliphatic carbocycles. The van der Waals surface area contributed by atoms with E-state index in [9.17, 15) is 27.6 Å². The van der Waals surface area contributed by atoms with Crippen LogP contribution >= 0.6 is 0 Å². The third kappa shape index (κ3) is 1.99. The highest BCUT2D eigenvalue weighted by Gasteiger charge is 3.01. The number of rotatable bonds is 3. The fourth-order valence-corrected chi connectivity index (χ4v) is 5.20. The van der Waals surface area contributed by atoms with Crippen LogP contribution in [-0.4, -0.2) is 47.8 Å². The smallest absolute Gasteiger partial charge is 0.336 e. The molecule has 3 fully saturated rings. The van der Waals surface area contributed by atoms with Gasteiger partial charge < -0.3 is 15.0 Å². The number of alkyl halides is 3. The van der Waals surface area contributed by atoms with Crippen LogP contribution in [0.4, 0.5) is 13.2 Å². The molecule has 0 spiro atoms. The van der Waals surface area contributed by atoms with Crippen LogP contribution in [0.1, 0.15) is 41.0 Å². The molecular weight excluding hydrogens is 337 g/mol. The zero-order chi connectivity index (χ0) is 19.2. The fourth-order valence-electron chi connectivity index (χ4n) is 5.20. The van der Waals surface area contributed by atoms with Crippen molar-refractivity contribution in [2.24, 2.45) is 21.7 Å². The Bertz CT molecular complexity index is 667. The van der Waals surface area contributed by atoms with Gasteiger partial charge in [-0.3, -0.25) is 9.59 Å². The minimum Gasteiger partial charge on any atom is -0.336 e. The van der Waals surface area contributed by atoms with Crippen molar-refractivity contribution in [3.8, 4) is 0 Å². The Morgan fingerprint density at radius 3 is 2.20 bits per heavy atom. The maximum atomic E-state index is 12.9. The standard InChI is InChI=1S/C17H23F3N2O3/c1-13(2,3)10(21-12(25)17(18,19)20)11(24)22-8-15-7-16(15,9(22)6-23)14(15,4)5/h6,9-10H,7-8H2,1-5H3,(H,21,25)/t9-,10-,15?,16?/m1/s1. The highest BCUT2D eigenvalue weighted by Crippen LogP contribution is 3.00. The SMILES string of the molecule is CC(C)(C)[C@H](NC(=O)C(F)(F)F)C(=O)N1CC23CC2([C@H]1C=O)C3(C)C. The number of carbonyl (C=O) groups is 3. The summed E-state index contributed by atoms with van der Waals surface area (Å²) in [7, 11) is 0. The molecule has 0 radical (unpaired) electrons. The molecule has 2 amide bonds. The second-order valence-electron chi connectivity index (χ2n) is 9.17. The summed E-state index contributed by atoms with van der Waals surface area (Å²) in [6, 6.07) is -1.99. The van der Waals surface area contributed by atoms with Crippen molar-refractivity contribution in [1.82, 2.24) is 10.2 Å². The Labute approximate surface area is 144 Å². The normalized spacial score (nSPS) is 36.2. The maximum absolute atomic E-state index is 12.9. The van der Waals surface area contributed by atoms with E-state index in [0.29, 0.717) is 6.54 Å². The van der Waals surface area contributed by atoms with Gasteiger partial charge in [0.05, 0.1) is 6.04 Å². The number of halogens is 3. The molecule has 0 aromatic heterocycles. The molecule has 25 heavy (non-hydrogen) atoms. The van der Waals surface area contributed by atoms with E-state index in [1.807, 2.05) is 5.32 Å². The van der Waals surface area contributed by atoms with Gasteiger partial charge in [0.1, 0.15) is 12.3 Å². The Balaban J connectivity index is 1.83. The van der Waals surface area contributed by atoms with E-state index in [1.54, 1.807) is 20.8 Å². The Morgan fingerprint density at radius 2 is 1.80 bits per heavy atom. The summed E-state index contributed by atoms with van der Waals surface area (Å²) >= 11 is 0. The van der Waals surface area contributed by atoms with Crippen LogP contribution in [0.5, 0.6) is 0 Å². The molecule has 1 heterocycles. The van der Waals surface area contributed by atoms with E-state index in [1.165, 1.54) is 4.90 Å². The van der Waals surface area contributed by atoms with Crippen LogP contribution in [0, 0.1) is 21.7 Å². The van der Waals surface area contributed by atoms with Crippen molar-refractivity contribution in [3.05, 3.63) is 0 Å². The quantitative estimate of drug-likeness (QED) is 0.782. The van der Waals surface area contributed by atoms with Gasteiger partial charge in [-0.15, -0.1) is 0 Å². The van der Waals surface area contributed by atoms with Gasteiger partial charge in [-0.25, -0.2) is 0 Å². The highest BCUT2D eigenvalue weighted by molar-refractivity contribution is 5.93. The lowest BCUT2D eigenvalue weighted by atomic mass is 9.80. The highest BCUT2D eigenvalue weighted by atomic mass is 19.4. The van der Waals surface area contributed by atoms with Gasteiger partial charge in [0.25, 0.3) is 0 Å². The lowest BCUT2D eigenvalue weighted by Crippen LogP contribution is -2.60. The third-order valence-electron chi connectivity index (χ3n) is 6.90. The molecule has 2 saturated carbocycles. The first-order chi connectivity index (χ1) is 11.2. The molecule has 1 aliphatic heterocycles. The number of piperidine rings is 2. The van der Waals surface area contributed by atoms with Crippen LogP contribution in [0.3, 0.4) is 0 Å². The summed E-state index contributed by atoms with van der Waals surface area (Å²) in [6.07, 6.45) is -3.47. The van der Waals surface area contributed by atoms with E-state index in [0.717, 1.165) is 12.7 Å². The van der Waals surface area contributed by atoms with Gasteiger partial charge in [-0.05, 0) is 17.3 Å². The van der Waals surface area contributed by atoms with Gasteiger partial charge in [-0.1, -0.05) is 34.6 Å². The second-order valence-corrected chi connectivity index (χ2v) is 9.17. The molecule has 0 bridgehead atoms. The predicted octanol–water partition coefficient (Wildman–Crippen LogP) is 1.91. The number of carbonyl (C=O) groups excluding carboxylic acids is 3. The van der Waals surface area contributed by atoms with Crippen molar-refractivity contribution in [1.29, 1.82) is 0 Å². The van der Waals surface area contributed by atoms with Crippen molar-refractivity contribution in [2.75, 3.05) is 6.54 Å². The minimum atomic E-state index is -5.07. The van der Waals surface area contributed by atoms with Gasteiger partial charge in [0.2, 0.25) is 5.91 Å². The Morgan fingerprint density at radius 1 is 1.24 bits per heavy atom. The number of nitrogens with one attached hydrogen (secondary N) is 1. The molecule has 8 heteroatoms. The second kappa shape index (κ2) is 4.57. The summed E-state index contributed by atoms with van der Waals surface area (Å²) in [6.45, 7) is 9.22. The number of aldehydes is 1. The average Bonchev–Trinajstić information content (AvgIpc) is 3.18. The molecular formula is C17H23F3N2O3. The largest absolute Gasteiger partial charge is 0.471 e. The number of amides is 2. The monoisotopic (exact) mass is 360 g/mol. The summed E-state index contributed by atoms with van der Waals surface area (Å²) in [5.74, 6) is -2.77. The lowest BCUT2D eigenvalue weighted by molar-refractivity contribution is -0.176. The number of likely N-dealkylation sites (tertiary alicyclic amines) is 1. The molecule has 0 aromatic carbocycles. The summed E-state index contributed by atoms with van der Waals surface area (Å²) < 4.78 is 37.9. The van der Waals surface area contributed by atoms with E-state index < -0.39 is 35.5 Å². The van der Waals surface area contributed by atoms with Crippen LogP contribution in [0.25, 0.3) is 0 Å². The van der Waals surface area contributed by atoms with Crippen LogP contribution < -0.4 is 5.32 Å².